The zero-order valence-electron chi connectivity index (χ0n) is 16.5. The number of sulfone groups is 1. The maximum Gasteiger partial charge on any atom is 0.338 e. The zero-order valence-corrected chi connectivity index (χ0v) is 17.3. The molecule has 0 spiro atoms. The fraction of sp³-hybridized carbons (Fsp3) is 0.333. The van der Waals surface area contributed by atoms with Gasteiger partial charge in [-0.15, -0.1) is 0 Å². The number of rotatable bonds is 7. The van der Waals surface area contributed by atoms with Gasteiger partial charge in [0.2, 0.25) is 0 Å². The molecule has 1 amide bonds. The van der Waals surface area contributed by atoms with Crippen LogP contribution in [-0.4, -0.2) is 33.2 Å². The van der Waals surface area contributed by atoms with Crippen LogP contribution >= 0.6 is 0 Å². The quantitative estimate of drug-likeness (QED) is 0.718. The minimum absolute atomic E-state index is 0.0277. The van der Waals surface area contributed by atoms with Crippen LogP contribution in [0.2, 0.25) is 0 Å². The van der Waals surface area contributed by atoms with Crippen LogP contribution in [0, 0.1) is 13.8 Å². The number of carbonyl (C=O) groups excluding carboxylic acids is 2. The smallest absolute Gasteiger partial charge is 0.338 e. The van der Waals surface area contributed by atoms with Crippen molar-refractivity contribution in [2.45, 2.75) is 38.1 Å². The summed E-state index contributed by atoms with van der Waals surface area (Å²) in [4.78, 5) is 24.6. The minimum atomic E-state index is -3.45. The number of ether oxygens (including phenoxy) is 1. The number of esters is 1. The van der Waals surface area contributed by atoms with Crippen molar-refractivity contribution in [3.63, 3.8) is 0 Å². The Morgan fingerprint density at radius 2 is 1.71 bits per heavy atom. The lowest BCUT2D eigenvalue weighted by Gasteiger charge is -2.18. The van der Waals surface area contributed by atoms with Gasteiger partial charge in [-0.2, -0.15) is 0 Å². The number of nitrogens with one attached hydrogen (secondary N) is 1. The van der Waals surface area contributed by atoms with Gasteiger partial charge in [0.1, 0.15) is 0 Å². The molecular formula is C21H25NO5S. The average molecular weight is 404 g/mol. The molecule has 6 nitrogen and oxygen atoms in total. The van der Waals surface area contributed by atoms with E-state index in [-0.39, 0.29) is 16.5 Å². The Bertz CT molecular complexity index is 965. The van der Waals surface area contributed by atoms with Crippen LogP contribution in [-0.2, 0) is 19.4 Å². The summed E-state index contributed by atoms with van der Waals surface area (Å²) in [6.07, 6.45) is 1.76. The first-order chi connectivity index (χ1) is 13.1. The maximum absolute atomic E-state index is 12.3. The molecule has 2 aromatic carbocycles. The Morgan fingerprint density at radius 3 is 2.29 bits per heavy atom. The van der Waals surface area contributed by atoms with Crippen LogP contribution < -0.4 is 5.32 Å². The molecule has 0 saturated carbocycles. The van der Waals surface area contributed by atoms with E-state index in [2.05, 4.69) is 5.32 Å². The van der Waals surface area contributed by atoms with Crippen molar-refractivity contribution in [1.29, 1.82) is 0 Å². The van der Waals surface area contributed by atoms with E-state index in [1.54, 1.807) is 6.92 Å². The summed E-state index contributed by atoms with van der Waals surface area (Å²) in [5.74, 6) is -1.15. The summed E-state index contributed by atoms with van der Waals surface area (Å²) in [5, 5.41) is 2.85. The maximum atomic E-state index is 12.3. The number of aryl methyl sites for hydroxylation is 2. The van der Waals surface area contributed by atoms with E-state index in [4.69, 9.17) is 4.74 Å². The number of hydrogen-bond acceptors (Lipinski definition) is 5. The molecule has 0 aliphatic heterocycles. The third-order valence-electron chi connectivity index (χ3n) is 4.41. The third-order valence-corrected chi connectivity index (χ3v) is 5.52. The molecule has 0 aliphatic rings. The fourth-order valence-corrected chi connectivity index (χ4v) is 3.36. The van der Waals surface area contributed by atoms with Gasteiger partial charge in [0, 0.05) is 6.26 Å². The Labute approximate surface area is 165 Å². The Morgan fingerprint density at radius 1 is 1.07 bits per heavy atom. The second-order valence-corrected chi connectivity index (χ2v) is 8.78. The number of benzene rings is 2. The predicted octanol–water partition coefficient (Wildman–Crippen LogP) is 3.13. The first-order valence-corrected chi connectivity index (χ1v) is 10.8. The zero-order chi connectivity index (χ0) is 20.9. The average Bonchev–Trinajstić information content (AvgIpc) is 2.64. The molecule has 0 heterocycles. The molecule has 0 aliphatic carbocycles. The van der Waals surface area contributed by atoms with Crippen molar-refractivity contribution in [2.75, 3.05) is 12.9 Å². The second-order valence-electron chi connectivity index (χ2n) is 6.76. The number of carbonyl (C=O) groups is 2. The SMILES string of the molecule is CC[C@H](NC(=O)COC(=O)c1cc(S(C)(=O)=O)ccc1C)c1ccc(C)cc1. The summed E-state index contributed by atoms with van der Waals surface area (Å²) in [7, 11) is -3.45. The van der Waals surface area contributed by atoms with Gasteiger partial charge in [0.25, 0.3) is 5.91 Å². The van der Waals surface area contributed by atoms with E-state index in [9.17, 15) is 18.0 Å². The Balaban J connectivity index is 2.02. The van der Waals surface area contributed by atoms with Gasteiger partial charge < -0.3 is 10.1 Å². The molecule has 1 atom stereocenters. The molecule has 0 radical (unpaired) electrons. The molecule has 0 aromatic heterocycles. The standard InChI is InChI=1S/C21H25NO5S/c1-5-19(16-9-6-14(2)7-10-16)22-20(23)13-27-21(24)18-12-17(28(4,25)26)11-8-15(18)3/h6-12,19H,5,13H2,1-4H3,(H,22,23)/t19-/m0/s1. The highest BCUT2D eigenvalue weighted by Crippen LogP contribution is 2.18. The van der Waals surface area contributed by atoms with E-state index in [1.807, 2.05) is 38.1 Å². The topological polar surface area (TPSA) is 89.5 Å². The lowest BCUT2D eigenvalue weighted by Crippen LogP contribution is -2.32. The lowest BCUT2D eigenvalue weighted by molar-refractivity contribution is -0.125. The van der Waals surface area contributed by atoms with Crippen molar-refractivity contribution < 1.29 is 22.7 Å². The Hall–Kier alpha value is -2.67. The largest absolute Gasteiger partial charge is 0.452 e. The minimum Gasteiger partial charge on any atom is -0.452 e. The van der Waals surface area contributed by atoms with Gasteiger partial charge in [-0.25, -0.2) is 13.2 Å². The van der Waals surface area contributed by atoms with E-state index in [1.165, 1.54) is 18.2 Å². The van der Waals surface area contributed by atoms with Gasteiger partial charge >= 0.3 is 5.97 Å². The van der Waals surface area contributed by atoms with Crippen molar-refractivity contribution >= 4 is 21.7 Å². The molecule has 0 bridgehead atoms. The lowest BCUT2D eigenvalue weighted by atomic mass is 10.0. The normalized spacial score (nSPS) is 12.3. The second kappa shape index (κ2) is 9.01. The highest BCUT2D eigenvalue weighted by molar-refractivity contribution is 7.90. The highest BCUT2D eigenvalue weighted by atomic mass is 32.2. The van der Waals surface area contributed by atoms with E-state index in [0.29, 0.717) is 12.0 Å². The van der Waals surface area contributed by atoms with Gasteiger partial charge in [-0.1, -0.05) is 42.8 Å². The first-order valence-electron chi connectivity index (χ1n) is 8.95. The monoisotopic (exact) mass is 403 g/mol. The van der Waals surface area contributed by atoms with Crippen LogP contribution in [0.5, 0.6) is 0 Å². The van der Waals surface area contributed by atoms with Crippen molar-refractivity contribution in [3.05, 3.63) is 64.7 Å². The van der Waals surface area contributed by atoms with Crippen LogP contribution in [0.25, 0.3) is 0 Å². The van der Waals surface area contributed by atoms with Gasteiger partial charge in [-0.3, -0.25) is 4.79 Å². The van der Waals surface area contributed by atoms with Gasteiger partial charge in [0.15, 0.2) is 16.4 Å². The predicted molar refractivity (Wildman–Crippen MR) is 107 cm³/mol. The van der Waals surface area contributed by atoms with E-state index in [0.717, 1.165) is 17.4 Å². The summed E-state index contributed by atoms with van der Waals surface area (Å²) >= 11 is 0. The van der Waals surface area contributed by atoms with Crippen LogP contribution in [0.15, 0.2) is 47.4 Å². The molecule has 0 fully saturated rings. The number of hydrogen-bond donors (Lipinski definition) is 1. The molecule has 0 unspecified atom stereocenters. The van der Waals surface area contributed by atoms with Crippen molar-refractivity contribution in [3.8, 4) is 0 Å². The van der Waals surface area contributed by atoms with Crippen LogP contribution in [0.1, 0.15) is 46.4 Å². The van der Waals surface area contributed by atoms with Gasteiger partial charge in [-0.05, 0) is 43.5 Å². The van der Waals surface area contributed by atoms with Gasteiger partial charge in [0.05, 0.1) is 16.5 Å². The van der Waals surface area contributed by atoms with Crippen LogP contribution in [0.3, 0.4) is 0 Å². The molecule has 2 rings (SSSR count). The molecule has 1 N–H and O–H groups in total. The molecule has 28 heavy (non-hydrogen) atoms. The molecule has 0 saturated heterocycles. The highest BCUT2D eigenvalue weighted by Gasteiger charge is 2.18. The number of amides is 1. The van der Waals surface area contributed by atoms with Crippen LogP contribution in [0.4, 0.5) is 0 Å². The molecule has 150 valence electrons. The van der Waals surface area contributed by atoms with Crippen molar-refractivity contribution in [1.82, 2.24) is 5.32 Å². The van der Waals surface area contributed by atoms with E-state index < -0.39 is 28.3 Å². The molecular weight excluding hydrogens is 378 g/mol. The summed E-state index contributed by atoms with van der Waals surface area (Å²) < 4.78 is 28.5. The third kappa shape index (κ3) is 5.66. The fourth-order valence-electron chi connectivity index (χ4n) is 2.72. The Kier molecular flexibility index (Phi) is 6.96. The van der Waals surface area contributed by atoms with Crippen molar-refractivity contribution in [2.24, 2.45) is 0 Å². The molecule has 2 aromatic rings. The first kappa shape index (κ1) is 21.6. The van der Waals surface area contributed by atoms with E-state index >= 15 is 0 Å². The molecule has 7 heteroatoms. The summed E-state index contributed by atoms with van der Waals surface area (Å²) in [5.41, 5.74) is 2.81. The summed E-state index contributed by atoms with van der Waals surface area (Å²) in [6.45, 7) is 5.18. The summed E-state index contributed by atoms with van der Waals surface area (Å²) in [6, 6.07) is 11.9.